The lowest BCUT2D eigenvalue weighted by atomic mass is 10.4. The van der Waals surface area contributed by atoms with Crippen molar-refractivity contribution in [1.29, 1.82) is 0 Å². The zero-order chi connectivity index (χ0) is 11.0. The van der Waals surface area contributed by atoms with E-state index < -0.39 is 18.2 Å². The Kier molecular flexibility index (Phi) is 5.95. The minimum Gasteiger partial charge on any atom is -0.459 e. The first-order chi connectivity index (χ1) is 6.60. The Morgan fingerprint density at radius 1 is 1.43 bits per heavy atom. The summed E-state index contributed by atoms with van der Waals surface area (Å²) in [6.45, 7) is 3.41. The number of carbonyl (C=O) groups is 2. The Morgan fingerprint density at radius 2 is 2.07 bits per heavy atom. The molecule has 1 atom stereocenters. The van der Waals surface area contributed by atoms with Gasteiger partial charge in [0.15, 0.2) is 6.10 Å². The second-order valence-corrected chi connectivity index (χ2v) is 2.20. The quantitative estimate of drug-likeness (QED) is 0.373. The molecular formula is C9H12O5. The molecular weight excluding hydrogens is 188 g/mol. The maximum absolute atomic E-state index is 10.7. The third kappa shape index (κ3) is 5.89. The van der Waals surface area contributed by atoms with E-state index in [0.717, 1.165) is 0 Å². The van der Waals surface area contributed by atoms with Gasteiger partial charge in [0, 0.05) is 5.92 Å². The van der Waals surface area contributed by atoms with E-state index in [1.165, 1.54) is 14.0 Å². The molecule has 0 aliphatic rings. The van der Waals surface area contributed by atoms with Crippen LogP contribution in [0.15, 0.2) is 0 Å². The second-order valence-electron chi connectivity index (χ2n) is 2.20. The summed E-state index contributed by atoms with van der Waals surface area (Å²) in [6, 6.07) is 0. The molecule has 0 aromatic carbocycles. The maximum Gasteiger partial charge on any atom is 0.509 e. The van der Waals surface area contributed by atoms with Crippen molar-refractivity contribution >= 4 is 12.1 Å². The molecule has 0 radical (unpaired) electrons. The van der Waals surface area contributed by atoms with Gasteiger partial charge < -0.3 is 14.2 Å². The smallest absolute Gasteiger partial charge is 0.459 e. The predicted molar refractivity (Wildman–Crippen MR) is 47.4 cm³/mol. The molecule has 0 aliphatic heterocycles. The average Bonchev–Trinajstić information content (AvgIpc) is 2.14. The lowest BCUT2D eigenvalue weighted by Crippen LogP contribution is -2.14. The number of hydrogen-bond donors (Lipinski definition) is 0. The van der Waals surface area contributed by atoms with Gasteiger partial charge in [-0.3, -0.25) is 0 Å². The van der Waals surface area contributed by atoms with Gasteiger partial charge >= 0.3 is 12.1 Å². The van der Waals surface area contributed by atoms with E-state index in [1.54, 1.807) is 6.92 Å². The fourth-order valence-electron chi connectivity index (χ4n) is 0.537. The zero-order valence-corrected chi connectivity index (χ0v) is 8.33. The molecule has 5 nitrogen and oxygen atoms in total. The van der Waals surface area contributed by atoms with Crippen LogP contribution in [0.1, 0.15) is 13.8 Å². The Balaban J connectivity index is 3.95. The van der Waals surface area contributed by atoms with Crippen molar-refractivity contribution in [3.05, 3.63) is 0 Å². The Labute approximate surface area is 82.3 Å². The van der Waals surface area contributed by atoms with Gasteiger partial charge in [0.1, 0.15) is 0 Å². The highest BCUT2D eigenvalue weighted by Crippen LogP contribution is 1.92. The summed E-state index contributed by atoms with van der Waals surface area (Å²) < 4.78 is 13.4. The third-order valence-corrected chi connectivity index (χ3v) is 1.10. The van der Waals surface area contributed by atoms with Crippen LogP contribution in [0.3, 0.4) is 0 Å². The van der Waals surface area contributed by atoms with Crippen molar-refractivity contribution in [2.75, 3.05) is 13.7 Å². The number of esters is 1. The van der Waals surface area contributed by atoms with Crippen LogP contribution in [-0.4, -0.2) is 31.9 Å². The predicted octanol–water partition coefficient (Wildman–Crippen LogP) is 0.724. The van der Waals surface area contributed by atoms with Gasteiger partial charge in [0.2, 0.25) is 0 Å². The minimum absolute atomic E-state index is 0.232. The summed E-state index contributed by atoms with van der Waals surface area (Å²) in [7, 11) is 1.22. The first kappa shape index (κ1) is 12.3. The van der Waals surface area contributed by atoms with Gasteiger partial charge in [-0.25, -0.2) is 9.59 Å². The molecule has 0 aromatic heterocycles. The standard InChI is InChI=1S/C9H12O5/c1-4-13-9(11)14-7(2)5-6-8(10)12-3/h7H,4H2,1-3H3. The first-order valence-corrected chi connectivity index (χ1v) is 4.03. The van der Waals surface area contributed by atoms with Crippen LogP contribution in [-0.2, 0) is 19.0 Å². The van der Waals surface area contributed by atoms with Crippen LogP contribution in [0.5, 0.6) is 0 Å². The molecule has 0 amide bonds. The highest BCUT2D eigenvalue weighted by Gasteiger charge is 2.06. The van der Waals surface area contributed by atoms with Crippen LogP contribution in [0.2, 0.25) is 0 Å². The Bertz CT molecular complexity index is 260. The zero-order valence-electron chi connectivity index (χ0n) is 8.33. The number of carbonyl (C=O) groups excluding carboxylic acids is 2. The lowest BCUT2D eigenvalue weighted by molar-refractivity contribution is -0.133. The van der Waals surface area contributed by atoms with E-state index in [2.05, 4.69) is 26.1 Å². The van der Waals surface area contributed by atoms with Crippen molar-refractivity contribution in [3.63, 3.8) is 0 Å². The summed E-state index contributed by atoms with van der Waals surface area (Å²) >= 11 is 0. The molecule has 5 heteroatoms. The molecule has 0 saturated heterocycles. The van der Waals surface area contributed by atoms with Gasteiger partial charge in [0.05, 0.1) is 13.7 Å². The average molecular weight is 200 g/mol. The summed E-state index contributed by atoms with van der Waals surface area (Å²) in [5, 5.41) is 0. The van der Waals surface area contributed by atoms with Crippen molar-refractivity contribution in [1.82, 2.24) is 0 Å². The van der Waals surface area contributed by atoms with E-state index >= 15 is 0 Å². The Hall–Kier alpha value is -1.70. The summed E-state index contributed by atoms with van der Waals surface area (Å²) in [5.41, 5.74) is 0. The number of rotatable bonds is 2. The van der Waals surface area contributed by atoms with E-state index in [1.807, 2.05) is 0 Å². The SMILES string of the molecule is CCOC(=O)OC(C)C#CC(=O)OC. The summed E-state index contributed by atoms with van der Waals surface area (Å²) in [5.74, 6) is 3.83. The molecule has 0 N–H and O–H groups in total. The largest absolute Gasteiger partial charge is 0.509 e. The van der Waals surface area contributed by atoms with Crippen LogP contribution in [0, 0.1) is 11.8 Å². The molecule has 0 bridgehead atoms. The molecule has 0 saturated carbocycles. The highest BCUT2D eigenvalue weighted by molar-refractivity contribution is 5.88. The number of ether oxygens (including phenoxy) is 3. The highest BCUT2D eigenvalue weighted by atomic mass is 16.7. The summed E-state index contributed by atoms with van der Waals surface area (Å²) in [4.78, 5) is 21.3. The molecule has 0 spiro atoms. The first-order valence-electron chi connectivity index (χ1n) is 4.03. The van der Waals surface area contributed by atoms with E-state index in [-0.39, 0.29) is 6.61 Å². The lowest BCUT2D eigenvalue weighted by Gasteiger charge is -2.05. The van der Waals surface area contributed by atoms with Crippen LogP contribution in [0.4, 0.5) is 4.79 Å². The van der Waals surface area contributed by atoms with Gasteiger partial charge in [-0.05, 0) is 19.8 Å². The van der Waals surface area contributed by atoms with Gasteiger partial charge in [-0.15, -0.1) is 0 Å². The van der Waals surface area contributed by atoms with Crippen molar-refractivity contribution in [3.8, 4) is 11.8 Å². The van der Waals surface area contributed by atoms with Crippen LogP contribution >= 0.6 is 0 Å². The molecule has 0 aliphatic carbocycles. The van der Waals surface area contributed by atoms with E-state index in [4.69, 9.17) is 0 Å². The fourth-order valence-corrected chi connectivity index (χ4v) is 0.537. The van der Waals surface area contributed by atoms with Gasteiger partial charge in [-0.1, -0.05) is 0 Å². The number of methoxy groups -OCH3 is 1. The summed E-state index contributed by atoms with van der Waals surface area (Å²) in [6.07, 6.45) is -1.51. The molecule has 14 heavy (non-hydrogen) atoms. The normalized spacial score (nSPS) is 10.5. The second kappa shape index (κ2) is 6.78. The molecule has 0 heterocycles. The molecule has 0 rings (SSSR count). The van der Waals surface area contributed by atoms with E-state index in [0.29, 0.717) is 0 Å². The Morgan fingerprint density at radius 3 is 2.57 bits per heavy atom. The van der Waals surface area contributed by atoms with Gasteiger partial charge in [0.25, 0.3) is 0 Å². The molecule has 0 fully saturated rings. The fraction of sp³-hybridized carbons (Fsp3) is 0.556. The van der Waals surface area contributed by atoms with Crippen molar-refractivity contribution in [2.24, 2.45) is 0 Å². The number of hydrogen-bond acceptors (Lipinski definition) is 5. The minimum atomic E-state index is -0.806. The maximum atomic E-state index is 10.7. The van der Waals surface area contributed by atoms with Crippen LogP contribution < -0.4 is 0 Å². The molecule has 1 unspecified atom stereocenters. The monoisotopic (exact) mass is 200 g/mol. The van der Waals surface area contributed by atoms with Gasteiger partial charge in [-0.2, -0.15) is 0 Å². The van der Waals surface area contributed by atoms with Crippen molar-refractivity contribution < 1.29 is 23.8 Å². The van der Waals surface area contributed by atoms with Crippen LogP contribution in [0.25, 0.3) is 0 Å². The van der Waals surface area contributed by atoms with Crippen molar-refractivity contribution in [2.45, 2.75) is 20.0 Å². The van der Waals surface area contributed by atoms with E-state index in [9.17, 15) is 9.59 Å². The molecule has 0 aromatic rings. The molecule has 78 valence electrons. The topological polar surface area (TPSA) is 61.8 Å². The third-order valence-electron chi connectivity index (χ3n) is 1.10.